The number of anilines is 1. The lowest BCUT2D eigenvalue weighted by atomic mass is 9.89. The van der Waals surface area contributed by atoms with Crippen LogP contribution in [0.5, 0.6) is 0 Å². The van der Waals surface area contributed by atoms with Crippen molar-refractivity contribution in [2.75, 3.05) is 25.1 Å². The van der Waals surface area contributed by atoms with Crippen molar-refractivity contribution in [1.82, 2.24) is 10.6 Å². The van der Waals surface area contributed by atoms with Crippen LogP contribution in [0.4, 0.5) is 19.3 Å². The molecule has 2 N–H and O–H groups in total. The van der Waals surface area contributed by atoms with Gasteiger partial charge in [0.25, 0.3) is 0 Å². The van der Waals surface area contributed by atoms with Crippen molar-refractivity contribution in [2.45, 2.75) is 24.8 Å². The predicted octanol–water partition coefficient (Wildman–Crippen LogP) is 1.03. The minimum atomic E-state index is -1.02. The van der Waals surface area contributed by atoms with Gasteiger partial charge in [-0.1, -0.05) is 0 Å². The summed E-state index contributed by atoms with van der Waals surface area (Å²) in [5, 5.41) is 4.69. The summed E-state index contributed by atoms with van der Waals surface area (Å²) >= 11 is 0. The molecule has 2 aliphatic heterocycles. The lowest BCUT2D eigenvalue weighted by Crippen LogP contribution is -2.59. The number of methoxy groups -OCH3 is 1. The molecule has 1 aromatic rings. The number of piperidine rings is 1. The van der Waals surface area contributed by atoms with Gasteiger partial charge in [-0.25, -0.2) is 13.6 Å². The molecule has 1 aromatic carbocycles. The first kappa shape index (κ1) is 17.1. The molecule has 2 heterocycles. The van der Waals surface area contributed by atoms with Gasteiger partial charge in [0.1, 0.15) is 11.6 Å². The van der Waals surface area contributed by atoms with Crippen LogP contribution in [0, 0.1) is 11.6 Å². The zero-order valence-corrected chi connectivity index (χ0v) is 13.5. The molecular formula is C16H17F2N3O4. The third-order valence-corrected chi connectivity index (χ3v) is 4.41. The Balaban J connectivity index is 1.72. The van der Waals surface area contributed by atoms with Gasteiger partial charge in [-0.15, -0.1) is 0 Å². The lowest BCUT2D eigenvalue weighted by Gasteiger charge is -2.41. The molecule has 1 atom stereocenters. The Hall–Kier alpha value is -2.71. The summed E-state index contributed by atoms with van der Waals surface area (Å²) in [4.78, 5) is 35.8. The first-order valence-corrected chi connectivity index (χ1v) is 7.81. The second-order valence-corrected chi connectivity index (χ2v) is 6.06. The van der Waals surface area contributed by atoms with Gasteiger partial charge in [0.05, 0.1) is 19.1 Å². The number of rotatable bonds is 3. The lowest BCUT2D eigenvalue weighted by molar-refractivity contribution is -0.134. The van der Waals surface area contributed by atoms with Crippen LogP contribution >= 0.6 is 0 Å². The topological polar surface area (TPSA) is 87.7 Å². The van der Waals surface area contributed by atoms with Gasteiger partial charge in [-0.2, -0.15) is 0 Å². The maximum atomic E-state index is 14.4. The Labute approximate surface area is 142 Å². The summed E-state index contributed by atoms with van der Waals surface area (Å²) < 4.78 is 33.3. The van der Waals surface area contributed by atoms with Crippen LogP contribution in [0.2, 0.25) is 0 Å². The van der Waals surface area contributed by atoms with Gasteiger partial charge >= 0.3 is 6.09 Å². The molecule has 0 bridgehead atoms. The molecule has 2 aliphatic rings. The van der Waals surface area contributed by atoms with E-state index in [-0.39, 0.29) is 24.4 Å². The van der Waals surface area contributed by atoms with E-state index in [1.54, 1.807) is 4.90 Å². The number of ether oxygens (including phenoxy) is 1. The number of hydrogen-bond donors (Lipinski definition) is 2. The zero-order valence-electron chi connectivity index (χ0n) is 13.5. The summed E-state index contributed by atoms with van der Waals surface area (Å²) in [6.45, 7) is 0.789. The molecule has 9 heteroatoms. The summed E-state index contributed by atoms with van der Waals surface area (Å²) in [5.41, 5.74) is 0.00692. The van der Waals surface area contributed by atoms with Gasteiger partial charge in [0.15, 0.2) is 0 Å². The minimum absolute atomic E-state index is 0.0457. The smallest absolute Gasteiger partial charge is 0.407 e. The molecule has 134 valence electrons. The quantitative estimate of drug-likeness (QED) is 0.793. The summed E-state index contributed by atoms with van der Waals surface area (Å²) in [5.74, 6) is -3.80. The van der Waals surface area contributed by atoms with Gasteiger partial charge in [0, 0.05) is 30.8 Å². The van der Waals surface area contributed by atoms with Crippen LogP contribution in [0.3, 0.4) is 0 Å². The molecule has 0 aromatic heterocycles. The van der Waals surface area contributed by atoms with Crippen LogP contribution in [0.15, 0.2) is 12.1 Å². The standard InChI is InChI=1S/C16H17F2N3O4/c1-25-16(24)19-8-6-21(7-8)9-4-11(17)14(12(18)5-9)10-2-3-13(22)20-15(10)23/h4-5,8,10H,2-3,6-7H2,1H3,(H,19,24)(H,20,22,23). The Morgan fingerprint density at radius 3 is 2.48 bits per heavy atom. The normalized spacial score (nSPS) is 20.8. The first-order valence-electron chi connectivity index (χ1n) is 7.81. The van der Waals surface area contributed by atoms with Gasteiger partial charge in [-0.05, 0) is 18.6 Å². The molecule has 2 saturated heterocycles. The molecule has 25 heavy (non-hydrogen) atoms. The Kier molecular flexibility index (Phi) is 4.56. The van der Waals surface area contributed by atoms with E-state index in [1.807, 2.05) is 0 Å². The van der Waals surface area contributed by atoms with Crippen molar-refractivity contribution in [1.29, 1.82) is 0 Å². The number of carbonyl (C=O) groups is 3. The molecule has 7 nitrogen and oxygen atoms in total. The van der Waals surface area contributed by atoms with E-state index in [4.69, 9.17) is 0 Å². The van der Waals surface area contributed by atoms with Crippen molar-refractivity contribution < 1.29 is 27.9 Å². The van der Waals surface area contributed by atoms with Crippen LogP contribution in [0.1, 0.15) is 24.3 Å². The highest BCUT2D eigenvalue weighted by Gasteiger charge is 2.34. The Morgan fingerprint density at radius 2 is 1.92 bits per heavy atom. The SMILES string of the molecule is COC(=O)NC1CN(c2cc(F)c(C3CCC(=O)NC3=O)c(F)c2)C1. The van der Waals surface area contributed by atoms with Gasteiger partial charge in [0.2, 0.25) is 11.8 Å². The molecular weight excluding hydrogens is 336 g/mol. The largest absolute Gasteiger partial charge is 0.453 e. The summed E-state index contributed by atoms with van der Waals surface area (Å²) in [7, 11) is 1.25. The van der Waals surface area contributed by atoms with Crippen molar-refractivity contribution in [2.24, 2.45) is 0 Å². The van der Waals surface area contributed by atoms with Crippen LogP contribution in [-0.4, -0.2) is 44.1 Å². The average Bonchev–Trinajstić information content (AvgIpc) is 2.51. The van der Waals surface area contributed by atoms with Crippen LogP contribution in [-0.2, 0) is 14.3 Å². The van der Waals surface area contributed by atoms with Crippen molar-refractivity contribution in [3.05, 3.63) is 29.3 Å². The van der Waals surface area contributed by atoms with E-state index in [0.29, 0.717) is 18.8 Å². The molecule has 0 spiro atoms. The first-order chi connectivity index (χ1) is 11.9. The second-order valence-electron chi connectivity index (χ2n) is 6.06. The van der Waals surface area contributed by atoms with Gasteiger partial charge in [-0.3, -0.25) is 14.9 Å². The number of amides is 3. The summed E-state index contributed by atoms with van der Waals surface area (Å²) in [6.07, 6.45) is -0.438. The molecule has 1 unspecified atom stereocenters. The Morgan fingerprint density at radius 1 is 1.28 bits per heavy atom. The average molecular weight is 353 g/mol. The van der Waals surface area contributed by atoms with Crippen molar-refractivity contribution >= 4 is 23.6 Å². The molecule has 3 amide bonds. The van der Waals surface area contributed by atoms with Crippen molar-refractivity contribution in [3.63, 3.8) is 0 Å². The maximum Gasteiger partial charge on any atom is 0.407 e. The van der Waals surface area contributed by atoms with E-state index >= 15 is 0 Å². The monoisotopic (exact) mass is 353 g/mol. The minimum Gasteiger partial charge on any atom is -0.453 e. The second kappa shape index (κ2) is 6.66. The summed E-state index contributed by atoms with van der Waals surface area (Å²) in [6, 6.07) is 2.17. The predicted molar refractivity (Wildman–Crippen MR) is 83.0 cm³/mol. The highest BCUT2D eigenvalue weighted by molar-refractivity contribution is 6.01. The van der Waals surface area contributed by atoms with Crippen LogP contribution < -0.4 is 15.5 Å². The highest BCUT2D eigenvalue weighted by atomic mass is 19.1. The molecule has 2 fully saturated rings. The number of imide groups is 1. The third-order valence-electron chi connectivity index (χ3n) is 4.41. The van der Waals surface area contributed by atoms with Crippen molar-refractivity contribution in [3.8, 4) is 0 Å². The molecule has 0 saturated carbocycles. The fourth-order valence-corrected chi connectivity index (χ4v) is 3.06. The molecule has 0 radical (unpaired) electrons. The fourth-order valence-electron chi connectivity index (χ4n) is 3.06. The number of nitrogens with zero attached hydrogens (tertiary/aromatic N) is 1. The number of alkyl carbamates (subject to hydrolysis) is 1. The number of hydrogen-bond acceptors (Lipinski definition) is 5. The van der Waals surface area contributed by atoms with E-state index in [9.17, 15) is 23.2 Å². The molecule has 0 aliphatic carbocycles. The third kappa shape index (κ3) is 3.40. The number of halogens is 2. The zero-order chi connectivity index (χ0) is 18.1. The number of carbonyl (C=O) groups excluding carboxylic acids is 3. The van der Waals surface area contributed by atoms with Crippen LogP contribution in [0.25, 0.3) is 0 Å². The van der Waals surface area contributed by atoms with Gasteiger partial charge < -0.3 is 15.0 Å². The van der Waals surface area contributed by atoms with E-state index in [0.717, 1.165) is 12.1 Å². The van der Waals surface area contributed by atoms with E-state index in [1.165, 1.54) is 7.11 Å². The Bertz CT molecular complexity index is 711. The van der Waals surface area contributed by atoms with E-state index in [2.05, 4.69) is 15.4 Å². The fraction of sp³-hybridized carbons (Fsp3) is 0.438. The number of nitrogens with one attached hydrogen (secondary N) is 2. The highest BCUT2D eigenvalue weighted by Crippen LogP contribution is 2.33. The number of benzene rings is 1. The molecule has 3 rings (SSSR count). The van der Waals surface area contributed by atoms with E-state index < -0.39 is 35.5 Å². The maximum absolute atomic E-state index is 14.4.